The second-order valence-electron chi connectivity index (χ2n) is 7.00. The number of ether oxygens (including phenoxy) is 1. The molecule has 0 atom stereocenters. The molecule has 0 saturated carbocycles. The predicted octanol–water partition coefficient (Wildman–Crippen LogP) is 6.40. The summed E-state index contributed by atoms with van der Waals surface area (Å²) in [5.41, 5.74) is 5.15. The third kappa shape index (κ3) is 4.50. The van der Waals surface area contributed by atoms with Gasteiger partial charge in [-0.1, -0.05) is 30.7 Å². The lowest BCUT2D eigenvalue weighted by Crippen LogP contribution is -1.94. The first-order valence-corrected chi connectivity index (χ1v) is 10.9. The van der Waals surface area contributed by atoms with E-state index in [0.717, 1.165) is 57.2 Å². The van der Waals surface area contributed by atoms with E-state index in [4.69, 9.17) is 21.3 Å². The van der Waals surface area contributed by atoms with Crippen LogP contribution in [-0.4, -0.2) is 22.1 Å². The molecule has 2 aromatic heterocycles. The second kappa shape index (κ2) is 8.90. The molecule has 2 N–H and O–H groups in total. The van der Waals surface area contributed by atoms with Gasteiger partial charge in [-0.25, -0.2) is 9.97 Å². The zero-order valence-corrected chi connectivity index (χ0v) is 18.7. The zero-order valence-electron chi connectivity index (χ0n) is 17.1. The van der Waals surface area contributed by atoms with E-state index in [2.05, 4.69) is 28.3 Å². The number of halogens is 1. The number of benzene rings is 2. The standard InChI is InChI=1S/C23H23ClN4OS/c1-4-19-21(11-15-6-5-7-16(24)10-15)30-23(28-19)27-17-8-9-18(20(12-17)29-3)22-25-13-14(2)26-22/h5-10,12-13H,4,11H2,1-3H3,(H,25,26)(H,27,28). The number of anilines is 2. The number of aromatic nitrogens is 3. The lowest BCUT2D eigenvalue weighted by Gasteiger charge is -2.09. The Morgan fingerprint density at radius 1 is 1.20 bits per heavy atom. The van der Waals surface area contributed by atoms with E-state index in [1.165, 1.54) is 10.4 Å². The van der Waals surface area contributed by atoms with Gasteiger partial charge in [-0.3, -0.25) is 0 Å². The molecule has 0 aliphatic rings. The monoisotopic (exact) mass is 438 g/mol. The zero-order chi connectivity index (χ0) is 21.1. The molecule has 4 aromatic rings. The van der Waals surface area contributed by atoms with Gasteiger partial charge in [0, 0.05) is 40.0 Å². The van der Waals surface area contributed by atoms with Crippen molar-refractivity contribution in [1.29, 1.82) is 0 Å². The molecule has 0 aliphatic carbocycles. The largest absolute Gasteiger partial charge is 0.496 e. The molecule has 0 bridgehead atoms. The second-order valence-corrected chi connectivity index (χ2v) is 8.52. The minimum atomic E-state index is 0.751. The fourth-order valence-corrected chi connectivity index (χ4v) is 4.64. The molecule has 0 unspecified atom stereocenters. The molecule has 0 fully saturated rings. The summed E-state index contributed by atoms with van der Waals surface area (Å²) >= 11 is 7.81. The molecular formula is C23H23ClN4OS. The van der Waals surface area contributed by atoms with Crippen LogP contribution in [-0.2, 0) is 12.8 Å². The number of H-pyrrole nitrogens is 1. The number of thiazole rings is 1. The van der Waals surface area contributed by atoms with Gasteiger partial charge in [0.25, 0.3) is 0 Å². The molecule has 0 amide bonds. The Kier molecular flexibility index (Phi) is 6.06. The normalized spacial score (nSPS) is 10.9. The third-order valence-corrected chi connectivity index (χ3v) is 6.03. The molecule has 0 aliphatic heterocycles. The van der Waals surface area contributed by atoms with Gasteiger partial charge in [-0.15, -0.1) is 11.3 Å². The minimum Gasteiger partial charge on any atom is -0.496 e. The molecule has 154 valence electrons. The van der Waals surface area contributed by atoms with Crippen molar-refractivity contribution >= 4 is 33.8 Å². The number of nitrogens with one attached hydrogen (secondary N) is 2. The number of imidazole rings is 1. The van der Waals surface area contributed by atoms with Crippen LogP contribution in [0, 0.1) is 6.92 Å². The number of aryl methyl sites for hydroxylation is 2. The Morgan fingerprint density at radius 3 is 2.77 bits per heavy atom. The summed E-state index contributed by atoms with van der Waals surface area (Å²) in [4.78, 5) is 13.7. The fourth-order valence-electron chi connectivity index (χ4n) is 3.32. The highest BCUT2D eigenvalue weighted by Gasteiger charge is 2.13. The van der Waals surface area contributed by atoms with Gasteiger partial charge >= 0.3 is 0 Å². The number of nitrogens with zero attached hydrogens (tertiary/aromatic N) is 2. The molecule has 0 spiro atoms. The first-order chi connectivity index (χ1) is 14.6. The van der Waals surface area contributed by atoms with E-state index in [1.807, 2.05) is 49.5 Å². The molecule has 4 rings (SSSR count). The van der Waals surface area contributed by atoms with Crippen molar-refractivity contribution < 1.29 is 4.74 Å². The SMILES string of the molecule is CCc1nc(Nc2ccc(-c3ncc(C)[nH]3)c(OC)c2)sc1Cc1cccc(Cl)c1. The highest BCUT2D eigenvalue weighted by atomic mass is 35.5. The Balaban J connectivity index is 1.57. The Morgan fingerprint density at radius 2 is 2.07 bits per heavy atom. The van der Waals surface area contributed by atoms with Gasteiger partial charge in [0.05, 0.1) is 18.4 Å². The molecule has 0 saturated heterocycles. The first kappa shape index (κ1) is 20.4. The topological polar surface area (TPSA) is 62.8 Å². The smallest absolute Gasteiger partial charge is 0.187 e. The summed E-state index contributed by atoms with van der Waals surface area (Å²) < 4.78 is 5.60. The molecule has 5 nitrogen and oxygen atoms in total. The van der Waals surface area contributed by atoms with Gasteiger partial charge in [0.1, 0.15) is 11.6 Å². The average molecular weight is 439 g/mol. The van der Waals surface area contributed by atoms with Gasteiger partial charge in [0.2, 0.25) is 0 Å². The van der Waals surface area contributed by atoms with Crippen molar-refractivity contribution in [3.63, 3.8) is 0 Å². The van der Waals surface area contributed by atoms with Crippen LogP contribution in [0.1, 0.15) is 28.8 Å². The van der Waals surface area contributed by atoms with Crippen molar-refractivity contribution in [3.8, 4) is 17.1 Å². The van der Waals surface area contributed by atoms with Crippen LogP contribution in [0.2, 0.25) is 5.02 Å². The lowest BCUT2D eigenvalue weighted by atomic mass is 10.1. The summed E-state index contributed by atoms with van der Waals surface area (Å²) in [6.07, 6.45) is 3.52. The van der Waals surface area contributed by atoms with Crippen molar-refractivity contribution in [2.24, 2.45) is 0 Å². The van der Waals surface area contributed by atoms with Crippen LogP contribution in [0.25, 0.3) is 11.4 Å². The van der Waals surface area contributed by atoms with Crippen LogP contribution in [0.15, 0.2) is 48.7 Å². The van der Waals surface area contributed by atoms with Gasteiger partial charge in [0.15, 0.2) is 5.13 Å². The molecular weight excluding hydrogens is 416 g/mol. The molecule has 30 heavy (non-hydrogen) atoms. The van der Waals surface area contributed by atoms with E-state index < -0.39 is 0 Å². The van der Waals surface area contributed by atoms with Gasteiger partial charge in [-0.05, 0) is 43.2 Å². The van der Waals surface area contributed by atoms with E-state index in [9.17, 15) is 0 Å². The van der Waals surface area contributed by atoms with Crippen molar-refractivity contribution in [1.82, 2.24) is 15.0 Å². The summed E-state index contributed by atoms with van der Waals surface area (Å²) in [6.45, 7) is 4.11. The fraction of sp³-hybridized carbons (Fsp3) is 0.217. The number of aromatic amines is 1. The number of hydrogen-bond acceptors (Lipinski definition) is 5. The molecule has 2 heterocycles. The number of methoxy groups -OCH3 is 1. The number of rotatable bonds is 7. The van der Waals surface area contributed by atoms with Crippen molar-refractivity contribution in [2.45, 2.75) is 26.7 Å². The summed E-state index contributed by atoms with van der Waals surface area (Å²) in [5.74, 6) is 1.54. The van der Waals surface area contributed by atoms with E-state index in [-0.39, 0.29) is 0 Å². The van der Waals surface area contributed by atoms with Gasteiger partial charge < -0.3 is 15.0 Å². The summed E-state index contributed by atoms with van der Waals surface area (Å²) in [6, 6.07) is 14.0. The van der Waals surface area contributed by atoms with Crippen molar-refractivity contribution in [2.75, 3.05) is 12.4 Å². The van der Waals surface area contributed by atoms with Crippen LogP contribution >= 0.6 is 22.9 Å². The molecule has 0 radical (unpaired) electrons. The Bertz CT molecular complexity index is 1170. The summed E-state index contributed by atoms with van der Waals surface area (Å²) in [5, 5.41) is 5.05. The predicted molar refractivity (Wildman–Crippen MR) is 124 cm³/mol. The quantitative estimate of drug-likeness (QED) is 0.350. The van der Waals surface area contributed by atoms with Crippen LogP contribution < -0.4 is 10.1 Å². The average Bonchev–Trinajstić information content (AvgIpc) is 3.33. The summed E-state index contributed by atoms with van der Waals surface area (Å²) in [7, 11) is 1.67. The molecule has 7 heteroatoms. The van der Waals surface area contributed by atoms with E-state index >= 15 is 0 Å². The van der Waals surface area contributed by atoms with E-state index in [1.54, 1.807) is 18.4 Å². The first-order valence-electron chi connectivity index (χ1n) is 9.75. The van der Waals surface area contributed by atoms with E-state index in [0.29, 0.717) is 0 Å². The Labute approximate surface area is 185 Å². The Hall–Kier alpha value is -2.83. The van der Waals surface area contributed by atoms with Crippen LogP contribution in [0.5, 0.6) is 5.75 Å². The van der Waals surface area contributed by atoms with Crippen LogP contribution in [0.3, 0.4) is 0 Å². The molecule has 2 aromatic carbocycles. The highest BCUT2D eigenvalue weighted by molar-refractivity contribution is 7.15. The highest BCUT2D eigenvalue weighted by Crippen LogP contribution is 2.34. The third-order valence-electron chi connectivity index (χ3n) is 4.78. The maximum Gasteiger partial charge on any atom is 0.187 e. The minimum absolute atomic E-state index is 0.751. The maximum absolute atomic E-state index is 6.14. The van der Waals surface area contributed by atoms with Crippen LogP contribution in [0.4, 0.5) is 10.8 Å². The number of hydrogen-bond donors (Lipinski definition) is 2. The van der Waals surface area contributed by atoms with Gasteiger partial charge in [-0.2, -0.15) is 0 Å². The van der Waals surface area contributed by atoms with Crippen molar-refractivity contribution in [3.05, 3.63) is 75.5 Å². The maximum atomic E-state index is 6.14. The lowest BCUT2D eigenvalue weighted by molar-refractivity contribution is 0.416.